The number of hydrogen-bond donors (Lipinski definition) is 3. The highest BCUT2D eigenvalue weighted by Crippen LogP contribution is 2.06. The molecule has 1 amide bonds. The zero-order chi connectivity index (χ0) is 15.8. The molecule has 8 nitrogen and oxygen atoms in total. The molecular formula is C11H22N2O6S. The summed E-state index contributed by atoms with van der Waals surface area (Å²) in [5, 5.41) is 10.9. The minimum absolute atomic E-state index is 0.123. The number of rotatable bonds is 8. The number of carbonyl (C=O) groups excluding carboxylic acids is 1. The topological polar surface area (TPSA) is 122 Å². The number of aliphatic carboxylic acids is 1. The fourth-order valence-electron chi connectivity index (χ4n) is 1.11. The maximum Gasteiger partial charge on any atom is 0.407 e. The summed E-state index contributed by atoms with van der Waals surface area (Å²) in [6.45, 7) is 5.60. The molecule has 0 aliphatic rings. The van der Waals surface area contributed by atoms with E-state index >= 15 is 0 Å². The van der Waals surface area contributed by atoms with Crippen molar-refractivity contribution >= 4 is 22.1 Å². The van der Waals surface area contributed by atoms with Crippen molar-refractivity contribution in [3.8, 4) is 0 Å². The summed E-state index contributed by atoms with van der Waals surface area (Å²) in [4.78, 5) is 21.5. The molecule has 9 heteroatoms. The normalized spacial score (nSPS) is 11.9. The SMILES string of the molecule is CC(C)(C)OC(=O)NCCCNS(=O)(=O)CCC(=O)O. The first-order valence-electron chi connectivity index (χ1n) is 6.18. The monoisotopic (exact) mass is 310 g/mol. The van der Waals surface area contributed by atoms with E-state index in [1.807, 2.05) is 0 Å². The van der Waals surface area contributed by atoms with E-state index in [0.29, 0.717) is 6.42 Å². The quantitative estimate of drug-likeness (QED) is 0.554. The van der Waals surface area contributed by atoms with Crippen LogP contribution in [0.4, 0.5) is 4.79 Å². The molecule has 0 fully saturated rings. The van der Waals surface area contributed by atoms with E-state index in [1.165, 1.54) is 0 Å². The molecule has 0 saturated heterocycles. The van der Waals surface area contributed by atoms with Gasteiger partial charge in [0, 0.05) is 13.1 Å². The van der Waals surface area contributed by atoms with Crippen LogP contribution in [-0.2, 0) is 19.6 Å². The van der Waals surface area contributed by atoms with Crippen LogP contribution in [0.5, 0.6) is 0 Å². The van der Waals surface area contributed by atoms with Crippen LogP contribution >= 0.6 is 0 Å². The third-order valence-corrected chi connectivity index (χ3v) is 3.31. The van der Waals surface area contributed by atoms with Crippen molar-refractivity contribution in [1.82, 2.24) is 10.0 Å². The molecule has 3 N–H and O–H groups in total. The lowest BCUT2D eigenvalue weighted by Crippen LogP contribution is -2.35. The molecule has 0 atom stereocenters. The standard InChI is InChI=1S/C11H22N2O6S/c1-11(2,3)19-10(16)12-6-4-7-13-20(17,18)8-5-9(14)15/h13H,4-8H2,1-3H3,(H,12,16)(H,14,15). The fraction of sp³-hybridized carbons (Fsp3) is 0.818. The van der Waals surface area contributed by atoms with Crippen LogP contribution < -0.4 is 10.0 Å². The van der Waals surface area contributed by atoms with Crippen molar-refractivity contribution in [1.29, 1.82) is 0 Å². The van der Waals surface area contributed by atoms with Crippen LogP contribution in [0.25, 0.3) is 0 Å². The van der Waals surface area contributed by atoms with Crippen LogP contribution in [-0.4, -0.2) is 50.0 Å². The third-order valence-electron chi connectivity index (χ3n) is 1.93. The average Bonchev–Trinajstić information content (AvgIpc) is 2.23. The molecule has 0 unspecified atom stereocenters. The van der Waals surface area contributed by atoms with Gasteiger partial charge in [0.05, 0.1) is 12.2 Å². The number of amides is 1. The average molecular weight is 310 g/mol. The highest BCUT2D eigenvalue weighted by Gasteiger charge is 2.15. The Morgan fingerprint density at radius 3 is 2.30 bits per heavy atom. The lowest BCUT2D eigenvalue weighted by molar-refractivity contribution is -0.136. The van der Waals surface area contributed by atoms with E-state index in [2.05, 4.69) is 10.0 Å². The first kappa shape index (κ1) is 18.7. The lowest BCUT2D eigenvalue weighted by atomic mass is 10.2. The van der Waals surface area contributed by atoms with E-state index in [0.717, 1.165) is 0 Å². The Bertz CT molecular complexity index is 427. The second kappa shape index (κ2) is 8.05. The summed E-state index contributed by atoms with van der Waals surface area (Å²) >= 11 is 0. The summed E-state index contributed by atoms with van der Waals surface area (Å²) in [7, 11) is -3.58. The Morgan fingerprint density at radius 1 is 1.20 bits per heavy atom. The number of nitrogens with one attached hydrogen (secondary N) is 2. The van der Waals surface area contributed by atoms with Crippen LogP contribution in [0, 0.1) is 0 Å². The van der Waals surface area contributed by atoms with Crippen molar-refractivity contribution in [3.63, 3.8) is 0 Å². The van der Waals surface area contributed by atoms with Gasteiger partial charge >= 0.3 is 12.1 Å². The number of hydrogen-bond acceptors (Lipinski definition) is 5. The molecule has 0 radical (unpaired) electrons. The summed E-state index contributed by atoms with van der Waals surface area (Å²) in [5.41, 5.74) is -0.581. The Morgan fingerprint density at radius 2 is 1.80 bits per heavy atom. The molecule has 0 aromatic carbocycles. The molecule has 0 bridgehead atoms. The molecule has 0 heterocycles. The first-order valence-corrected chi connectivity index (χ1v) is 7.83. The second-order valence-electron chi connectivity index (χ2n) is 5.14. The van der Waals surface area contributed by atoms with Gasteiger partial charge in [-0.05, 0) is 27.2 Å². The van der Waals surface area contributed by atoms with Crippen molar-refractivity contribution in [2.75, 3.05) is 18.8 Å². The summed E-state index contributed by atoms with van der Waals surface area (Å²) < 4.78 is 29.9. The smallest absolute Gasteiger partial charge is 0.407 e. The fourth-order valence-corrected chi connectivity index (χ4v) is 2.16. The zero-order valence-electron chi connectivity index (χ0n) is 11.9. The van der Waals surface area contributed by atoms with Gasteiger partial charge in [-0.1, -0.05) is 0 Å². The number of carboxylic acid groups (broad SMARTS) is 1. The van der Waals surface area contributed by atoms with Gasteiger partial charge in [0.25, 0.3) is 0 Å². The van der Waals surface area contributed by atoms with Crippen molar-refractivity contribution in [2.45, 2.75) is 39.2 Å². The van der Waals surface area contributed by atoms with E-state index < -0.39 is 39.9 Å². The van der Waals surface area contributed by atoms with Gasteiger partial charge in [0.15, 0.2) is 0 Å². The molecule has 0 spiro atoms. The van der Waals surface area contributed by atoms with E-state index in [1.54, 1.807) is 20.8 Å². The maximum atomic E-state index is 11.3. The number of carbonyl (C=O) groups is 2. The molecule has 0 aromatic rings. The van der Waals surface area contributed by atoms with Gasteiger partial charge in [-0.25, -0.2) is 17.9 Å². The Kier molecular flexibility index (Phi) is 7.51. The van der Waals surface area contributed by atoms with E-state index in [9.17, 15) is 18.0 Å². The van der Waals surface area contributed by atoms with E-state index in [4.69, 9.17) is 9.84 Å². The predicted molar refractivity (Wildman–Crippen MR) is 72.9 cm³/mol. The van der Waals surface area contributed by atoms with Gasteiger partial charge in [0.1, 0.15) is 5.60 Å². The highest BCUT2D eigenvalue weighted by atomic mass is 32.2. The Labute approximate surface area is 118 Å². The molecule has 0 aliphatic heterocycles. The van der Waals surface area contributed by atoms with Crippen LogP contribution in [0.2, 0.25) is 0 Å². The van der Waals surface area contributed by atoms with Crippen molar-refractivity contribution in [3.05, 3.63) is 0 Å². The Hall–Kier alpha value is -1.35. The number of alkyl carbamates (subject to hydrolysis) is 1. The van der Waals surface area contributed by atoms with Gasteiger partial charge in [-0.2, -0.15) is 0 Å². The molecule has 20 heavy (non-hydrogen) atoms. The second-order valence-corrected chi connectivity index (χ2v) is 7.07. The highest BCUT2D eigenvalue weighted by molar-refractivity contribution is 7.89. The van der Waals surface area contributed by atoms with Crippen molar-refractivity contribution < 1.29 is 27.9 Å². The molecule has 118 valence electrons. The maximum absolute atomic E-state index is 11.3. The minimum Gasteiger partial charge on any atom is -0.481 e. The number of ether oxygens (including phenoxy) is 1. The van der Waals surface area contributed by atoms with E-state index in [-0.39, 0.29) is 13.1 Å². The number of sulfonamides is 1. The van der Waals surface area contributed by atoms with Crippen LogP contribution in [0.15, 0.2) is 0 Å². The van der Waals surface area contributed by atoms with Gasteiger partial charge in [-0.15, -0.1) is 0 Å². The third kappa shape index (κ3) is 11.7. The molecule has 0 saturated carbocycles. The minimum atomic E-state index is -3.58. The summed E-state index contributed by atoms with van der Waals surface area (Å²) in [5.74, 6) is -1.62. The Balaban J connectivity index is 3.76. The van der Waals surface area contributed by atoms with Crippen LogP contribution in [0.1, 0.15) is 33.6 Å². The lowest BCUT2D eigenvalue weighted by Gasteiger charge is -2.19. The molecule has 0 aliphatic carbocycles. The summed E-state index contributed by atoms with van der Waals surface area (Å²) in [6.07, 6.45) is -0.622. The summed E-state index contributed by atoms with van der Waals surface area (Å²) in [6, 6.07) is 0. The molecule has 0 aromatic heterocycles. The van der Waals surface area contributed by atoms with Gasteiger partial charge < -0.3 is 15.2 Å². The number of carboxylic acids is 1. The van der Waals surface area contributed by atoms with Gasteiger partial charge in [-0.3, -0.25) is 4.79 Å². The molecule has 0 rings (SSSR count). The zero-order valence-corrected chi connectivity index (χ0v) is 12.7. The van der Waals surface area contributed by atoms with Gasteiger partial charge in [0.2, 0.25) is 10.0 Å². The van der Waals surface area contributed by atoms with Crippen LogP contribution in [0.3, 0.4) is 0 Å². The first-order chi connectivity index (χ1) is 9.02. The van der Waals surface area contributed by atoms with Crippen molar-refractivity contribution in [2.24, 2.45) is 0 Å². The molecular weight excluding hydrogens is 288 g/mol. The largest absolute Gasteiger partial charge is 0.481 e. The predicted octanol–water partition coefficient (Wildman–Crippen LogP) is 0.295.